The Labute approximate surface area is 151 Å². The fraction of sp³-hybridized carbons (Fsp3) is 0.900. The minimum absolute atomic E-state index is 0.157. The number of carbonyl (C=O) groups is 2. The molecule has 3 aliphatic rings. The molecule has 3 fully saturated rings. The molecule has 2 N–H and O–H groups in total. The molecule has 3 rings (SSSR count). The van der Waals surface area contributed by atoms with E-state index < -0.39 is 11.7 Å². The summed E-state index contributed by atoms with van der Waals surface area (Å²) in [5.74, 6) is 2.76. The van der Waals surface area contributed by atoms with E-state index in [0.29, 0.717) is 24.8 Å². The van der Waals surface area contributed by atoms with Crippen LogP contribution in [0.4, 0.5) is 4.79 Å². The summed E-state index contributed by atoms with van der Waals surface area (Å²) in [4.78, 5) is 24.6. The minimum atomic E-state index is -0.509. The lowest BCUT2D eigenvalue weighted by atomic mass is 9.91. The third-order valence-corrected chi connectivity index (χ3v) is 5.78. The van der Waals surface area contributed by atoms with Crippen LogP contribution in [0.5, 0.6) is 0 Å². The molecule has 1 unspecified atom stereocenters. The van der Waals surface area contributed by atoms with Gasteiger partial charge in [-0.25, -0.2) is 4.79 Å². The topological polar surface area (TPSA) is 67.4 Å². The molecular weight excluding hydrogens is 316 g/mol. The van der Waals surface area contributed by atoms with Crippen LogP contribution >= 0.6 is 0 Å². The fourth-order valence-corrected chi connectivity index (χ4v) is 3.93. The number of hydrogen-bond donors (Lipinski definition) is 2. The van der Waals surface area contributed by atoms with Gasteiger partial charge >= 0.3 is 6.09 Å². The normalized spacial score (nSPS) is 23.1. The molecule has 0 aromatic carbocycles. The van der Waals surface area contributed by atoms with Gasteiger partial charge in [0.05, 0.1) is 5.54 Å². The van der Waals surface area contributed by atoms with Crippen LogP contribution in [0.3, 0.4) is 0 Å². The van der Waals surface area contributed by atoms with Gasteiger partial charge in [-0.3, -0.25) is 4.79 Å². The molecule has 0 aromatic rings. The van der Waals surface area contributed by atoms with Gasteiger partial charge in [0.25, 0.3) is 0 Å². The molecule has 25 heavy (non-hydrogen) atoms. The Balaban J connectivity index is 1.51. The first-order chi connectivity index (χ1) is 11.7. The van der Waals surface area contributed by atoms with Crippen molar-refractivity contribution in [1.29, 1.82) is 0 Å². The molecule has 0 aliphatic heterocycles. The van der Waals surface area contributed by atoms with Crippen LogP contribution in [0, 0.1) is 23.7 Å². The molecule has 2 amide bonds. The van der Waals surface area contributed by atoms with Crippen LogP contribution in [0.15, 0.2) is 0 Å². The zero-order valence-electron chi connectivity index (χ0n) is 16.2. The Bertz CT molecular complexity index is 504. The molecule has 0 bridgehead atoms. The Kier molecular flexibility index (Phi) is 5.04. The van der Waals surface area contributed by atoms with Crippen molar-refractivity contribution in [2.45, 2.75) is 83.8 Å². The third kappa shape index (κ3) is 5.61. The molecule has 5 nitrogen and oxygen atoms in total. The van der Waals surface area contributed by atoms with Crippen LogP contribution in [-0.4, -0.2) is 29.7 Å². The molecule has 0 aromatic heterocycles. The molecular formula is C20H34N2O3. The number of nitrogens with one attached hydrogen (secondary N) is 2. The van der Waals surface area contributed by atoms with Gasteiger partial charge in [-0.05, 0) is 89.9 Å². The van der Waals surface area contributed by atoms with Crippen molar-refractivity contribution in [3.8, 4) is 0 Å². The first kappa shape index (κ1) is 18.5. The summed E-state index contributed by atoms with van der Waals surface area (Å²) < 4.78 is 5.32. The largest absolute Gasteiger partial charge is 0.444 e. The lowest BCUT2D eigenvalue weighted by Crippen LogP contribution is -2.55. The van der Waals surface area contributed by atoms with Crippen LogP contribution < -0.4 is 10.6 Å². The van der Waals surface area contributed by atoms with E-state index >= 15 is 0 Å². The van der Waals surface area contributed by atoms with E-state index in [0.717, 1.165) is 24.7 Å². The molecule has 3 saturated carbocycles. The predicted octanol–water partition coefficient (Wildman–Crippen LogP) is 3.62. The zero-order chi connectivity index (χ0) is 18.2. The first-order valence-electron chi connectivity index (χ1n) is 9.94. The molecule has 142 valence electrons. The maximum absolute atomic E-state index is 12.7. The second kappa shape index (κ2) is 6.81. The maximum Gasteiger partial charge on any atom is 0.407 e. The summed E-state index contributed by atoms with van der Waals surface area (Å²) in [5.41, 5.74) is -0.878. The summed E-state index contributed by atoms with van der Waals surface area (Å²) in [7, 11) is 0. The molecule has 5 heteroatoms. The van der Waals surface area contributed by atoms with Gasteiger partial charge in [-0.15, -0.1) is 0 Å². The van der Waals surface area contributed by atoms with E-state index in [1.54, 1.807) is 0 Å². The molecule has 3 aliphatic carbocycles. The Morgan fingerprint density at radius 2 is 1.56 bits per heavy atom. The van der Waals surface area contributed by atoms with E-state index in [2.05, 4.69) is 17.6 Å². The average molecular weight is 351 g/mol. The Morgan fingerprint density at radius 1 is 1.00 bits per heavy atom. The van der Waals surface area contributed by atoms with Crippen LogP contribution in [0.1, 0.15) is 72.6 Å². The number of amides is 2. The van der Waals surface area contributed by atoms with E-state index in [-0.39, 0.29) is 11.4 Å². The standard InChI is InChI=1S/C20H34N2O3/c1-19(2,3)25-18(24)21-12-20(4,15-9-10-15)22-17(23)11-16(13-5-6-13)14-7-8-14/h13-16H,5-12H2,1-4H3,(H,21,24)(H,22,23). The van der Waals surface area contributed by atoms with Gasteiger partial charge in [-0.1, -0.05) is 0 Å². The van der Waals surface area contributed by atoms with E-state index in [1.165, 1.54) is 25.7 Å². The number of alkyl carbamates (subject to hydrolysis) is 1. The Morgan fingerprint density at radius 3 is 2.00 bits per heavy atom. The highest BCUT2D eigenvalue weighted by Crippen LogP contribution is 2.50. The van der Waals surface area contributed by atoms with Crippen molar-refractivity contribution < 1.29 is 14.3 Å². The summed E-state index contributed by atoms with van der Waals surface area (Å²) in [6, 6.07) is 0. The fourth-order valence-electron chi connectivity index (χ4n) is 3.93. The van der Waals surface area contributed by atoms with Gasteiger partial charge in [-0.2, -0.15) is 0 Å². The predicted molar refractivity (Wildman–Crippen MR) is 97.1 cm³/mol. The van der Waals surface area contributed by atoms with Gasteiger partial charge in [0.15, 0.2) is 0 Å². The second-order valence-corrected chi connectivity index (χ2v) is 9.64. The quantitative estimate of drug-likeness (QED) is 0.702. The monoisotopic (exact) mass is 350 g/mol. The van der Waals surface area contributed by atoms with E-state index in [1.807, 2.05) is 20.8 Å². The summed E-state index contributed by atoms with van der Waals surface area (Å²) in [6.45, 7) is 8.04. The smallest absolute Gasteiger partial charge is 0.407 e. The van der Waals surface area contributed by atoms with Crippen LogP contribution in [0.25, 0.3) is 0 Å². The van der Waals surface area contributed by atoms with Gasteiger partial charge in [0.2, 0.25) is 5.91 Å². The van der Waals surface area contributed by atoms with Crippen molar-refractivity contribution in [3.05, 3.63) is 0 Å². The number of hydrogen-bond acceptors (Lipinski definition) is 3. The summed E-state index contributed by atoms with van der Waals surface area (Å²) in [6.07, 6.45) is 7.67. The molecule has 0 heterocycles. The van der Waals surface area contributed by atoms with Crippen molar-refractivity contribution in [2.75, 3.05) is 6.54 Å². The number of ether oxygens (including phenoxy) is 1. The van der Waals surface area contributed by atoms with Gasteiger partial charge < -0.3 is 15.4 Å². The summed E-state index contributed by atoms with van der Waals surface area (Å²) in [5, 5.41) is 6.11. The van der Waals surface area contributed by atoms with E-state index in [9.17, 15) is 9.59 Å². The maximum atomic E-state index is 12.7. The highest BCUT2D eigenvalue weighted by molar-refractivity contribution is 5.77. The second-order valence-electron chi connectivity index (χ2n) is 9.64. The molecule has 1 atom stereocenters. The first-order valence-corrected chi connectivity index (χ1v) is 9.94. The highest BCUT2D eigenvalue weighted by Gasteiger charge is 2.45. The lowest BCUT2D eigenvalue weighted by Gasteiger charge is -2.32. The van der Waals surface area contributed by atoms with Crippen LogP contribution in [0.2, 0.25) is 0 Å². The minimum Gasteiger partial charge on any atom is -0.444 e. The van der Waals surface area contributed by atoms with Crippen molar-refractivity contribution >= 4 is 12.0 Å². The molecule has 0 radical (unpaired) electrons. The van der Waals surface area contributed by atoms with Gasteiger partial charge in [0, 0.05) is 13.0 Å². The molecule has 0 spiro atoms. The average Bonchev–Trinajstić information content (AvgIpc) is 3.38. The number of carbonyl (C=O) groups excluding carboxylic acids is 2. The Hall–Kier alpha value is -1.26. The summed E-state index contributed by atoms with van der Waals surface area (Å²) >= 11 is 0. The number of rotatable bonds is 8. The van der Waals surface area contributed by atoms with Gasteiger partial charge in [0.1, 0.15) is 5.60 Å². The van der Waals surface area contributed by atoms with Crippen molar-refractivity contribution in [1.82, 2.24) is 10.6 Å². The van der Waals surface area contributed by atoms with Crippen LogP contribution in [-0.2, 0) is 9.53 Å². The van der Waals surface area contributed by atoms with E-state index in [4.69, 9.17) is 4.74 Å². The third-order valence-electron chi connectivity index (χ3n) is 5.78. The zero-order valence-corrected chi connectivity index (χ0v) is 16.2. The van der Waals surface area contributed by atoms with Crippen molar-refractivity contribution in [2.24, 2.45) is 23.7 Å². The molecule has 0 saturated heterocycles. The van der Waals surface area contributed by atoms with Crippen molar-refractivity contribution in [3.63, 3.8) is 0 Å². The SMILES string of the molecule is CC(C)(C)OC(=O)NCC(C)(NC(=O)CC(C1CC1)C1CC1)C1CC1. The lowest BCUT2D eigenvalue weighted by molar-refractivity contribution is -0.124. The highest BCUT2D eigenvalue weighted by atomic mass is 16.6.